The summed E-state index contributed by atoms with van der Waals surface area (Å²) in [6.07, 6.45) is 1.71. The van der Waals surface area contributed by atoms with Gasteiger partial charge in [-0.3, -0.25) is 15.2 Å². The van der Waals surface area contributed by atoms with Crippen molar-refractivity contribution in [3.05, 3.63) is 41.6 Å². The molecule has 2 rings (SSSR count). The van der Waals surface area contributed by atoms with Gasteiger partial charge in [-0.1, -0.05) is 12.1 Å². The van der Waals surface area contributed by atoms with Crippen LogP contribution in [0.15, 0.2) is 30.5 Å². The molecule has 0 saturated carbocycles. The highest BCUT2D eigenvalue weighted by Gasteiger charge is 2.09. The van der Waals surface area contributed by atoms with Crippen molar-refractivity contribution in [3.63, 3.8) is 0 Å². The molecule has 76 valence electrons. The maximum atomic E-state index is 11.5. The lowest BCUT2D eigenvalue weighted by Crippen LogP contribution is -2.30. The summed E-state index contributed by atoms with van der Waals surface area (Å²) in [7, 11) is 0. The second-order valence-electron chi connectivity index (χ2n) is 3.30. The predicted molar refractivity (Wildman–Crippen MR) is 58.1 cm³/mol. The minimum Gasteiger partial charge on any atom is -0.290 e. The molecule has 0 unspecified atom stereocenters. The number of carbonyl (C=O) groups is 1. The van der Waals surface area contributed by atoms with E-state index < -0.39 is 0 Å². The molecular weight excluding hydrogens is 190 g/mol. The van der Waals surface area contributed by atoms with Crippen LogP contribution in [0.3, 0.4) is 0 Å². The number of carbonyl (C=O) groups excluding carboxylic acids is 1. The molecule has 0 spiro atoms. The van der Waals surface area contributed by atoms with E-state index >= 15 is 0 Å². The highest BCUT2D eigenvalue weighted by atomic mass is 16.2. The molecule has 2 aromatic rings. The Bertz CT molecular complexity index is 522. The van der Waals surface area contributed by atoms with Gasteiger partial charge in [-0.05, 0) is 24.6 Å². The molecule has 0 atom stereocenters. The van der Waals surface area contributed by atoms with Gasteiger partial charge in [0.15, 0.2) is 0 Å². The van der Waals surface area contributed by atoms with Crippen LogP contribution in [0, 0.1) is 6.92 Å². The molecule has 3 N–H and O–H groups in total. The third kappa shape index (κ3) is 1.55. The van der Waals surface area contributed by atoms with Gasteiger partial charge in [0.05, 0.1) is 11.1 Å². The number of rotatable bonds is 1. The largest absolute Gasteiger partial charge is 0.290 e. The quantitative estimate of drug-likeness (QED) is 0.413. The Balaban J connectivity index is 2.77. The summed E-state index contributed by atoms with van der Waals surface area (Å²) < 4.78 is 0. The number of hydrogen-bond donors (Lipinski definition) is 2. The Labute approximate surface area is 87.1 Å². The van der Waals surface area contributed by atoms with Crippen molar-refractivity contribution < 1.29 is 4.79 Å². The van der Waals surface area contributed by atoms with E-state index in [9.17, 15) is 4.79 Å². The Morgan fingerprint density at radius 3 is 2.93 bits per heavy atom. The number of fused-ring (bicyclic) bond motifs is 1. The van der Waals surface area contributed by atoms with Crippen molar-refractivity contribution in [1.82, 2.24) is 10.4 Å². The Morgan fingerprint density at radius 1 is 1.40 bits per heavy atom. The van der Waals surface area contributed by atoms with Gasteiger partial charge in [-0.2, -0.15) is 0 Å². The van der Waals surface area contributed by atoms with E-state index in [-0.39, 0.29) is 5.91 Å². The number of pyridine rings is 1. The molecule has 1 aromatic heterocycles. The van der Waals surface area contributed by atoms with Crippen LogP contribution in [0.5, 0.6) is 0 Å². The van der Waals surface area contributed by atoms with Gasteiger partial charge in [0.2, 0.25) is 0 Å². The number of hydrogen-bond acceptors (Lipinski definition) is 3. The standard InChI is InChI=1S/C11H11N3O/c1-7-4-5-9(11(15)14-12)8-3-2-6-13-10(7)8/h2-6H,12H2,1H3,(H,14,15). The molecule has 1 amide bonds. The lowest BCUT2D eigenvalue weighted by molar-refractivity contribution is 0.0955. The normalized spacial score (nSPS) is 10.3. The highest BCUT2D eigenvalue weighted by molar-refractivity contribution is 6.06. The SMILES string of the molecule is Cc1ccc(C(=O)NN)c2cccnc12. The van der Waals surface area contributed by atoms with Gasteiger partial charge >= 0.3 is 0 Å². The lowest BCUT2D eigenvalue weighted by Gasteiger charge is -2.06. The summed E-state index contributed by atoms with van der Waals surface area (Å²) in [6, 6.07) is 7.27. The fourth-order valence-corrected chi connectivity index (χ4v) is 1.59. The monoisotopic (exact) mass is 201 g/mol. The average molecular weight is 201 g/mol. The van der Waals surface area contributed by atoms with Crippen molar-refractivity contribution in [3.8, 4) is 0 Å². The van der Waals surface area contributed by atoms with Crippen LogP contribution in [-0.2, 0) is 0 Å². The van der Waals surface area contributed by atoms with E-state index in [4.69, 9.17) is 5.84 Å². The summed E-state index contributed by atoms with van der Waals surface area (Å²) >= 11 is 0. The first-order valence-electron chi connectivity index (χ1n) is 4.59. The summed E-state index contributed by atoms with van der Waals surface area (Å²) in [6.45, 7) is 1.96. The number of benzene rings is 1. The molecular formula is C11H11N3O. The topological polar surface area (TPSA) is 68.0 Å². The zero-order valence-corrected chi connectivity index (χ0v) is 8.32. The number of aromatic nitrogens is 1. The minimum atomic E-state index is -0.298. The van der Waals surface area contributed by atoms with Gasteiger partial charge in [0.25, 0.3) is 5.91 Å². The first-order chi connectivity index (χ1) is 7.24. The molecule has 0 bridgehead atoms. The van der Waals surface area contributed by atoms with E-state index in [1.807, 2.05) is 19.1 Å². The van der Waals surface area contributed by atoms with Crippen LogP contribution in [-0.4, -0.2) is 10.9 Å². The van der Waals surface area contributed by atoms with Crippen LogP contribution in [0.1, 0.15) is 15.9 Å². The third-order valence-electron chi connectivity index (χ3n) is 2.35. The van der Waals surface area contributed by atoms with Crippen molar-refractivity contribution in [1.29, 1.82) is 0 Å². The van der Waals surface area contributed by atoms with E-state index in [0.717, 1.165) is 16.5 Å². The summed E-state index contributed by atoms with van der Waals surface area (Å²) in [5, 5.41) is 0.820. The fraction of sp³-hybridized carbons (Fsp3) is 0.0909. The van der Waals surface area contributed by atoms with E-state index in [1.165, 1.54) is 0 Å². The van der Waals surface area contributed by atoms with Gasteiger partial charge in [0, 0.05) is 11.6 Å². The van der Waals surface area contributed by atoms with Gasteiger partial charge < -0.3 is 0 Å². The number of nitrogen functional groups attached to an aromatic ring is 1. The smallest absolute Gasteiger partial charge is 0.265 e. The molecule has 4 nitrogen and oxygen atoms in total. The zero-order chi connectivity index (χ0) is 10.8. The second-order valence-corrected chi connectivity index (χ2v) is 3.30. The van der Waals surface area contributed by atoms with Crippen LogP contribution in [0.2, 0.25) is 0 Å². The molecule has 4 heteroatoms. The number of hydrazine groups is 1. The highest BCUT2D eigenvalue weighted by Crippen LogP contribution is 2.19. The lowest BCUT2D eigenvalue weighted by atomic mass is 10.0. The second kappa shape index (κ2) is 3.67. The van der Waals surface area contributed by atoms with E-state index in [0.29, 0.717) is 5.56 Å². The van der Waals surface area contributed by atoms with Crippen molar-refractivity contribution in [2.45, 2.75) is 6.92 Å². The van der Waals surface area contributed by atoms with Crippen molar-refractivity contribution >= 4 is 16.8 Å². The molecule has 0 saturated heterocycles. The van der Waals surface area contributed by atoms with Crippen LogP contribution in [0.25, 0.3) is 10.9 Å². The number of amides is 1. The predicted octanol–water partition coefficient (Wildman–Crippen LogP) is 1.15. The molecule has 0 aliphatic heterocycles. The summed E-state index contributed by atoms with van der Waals surface area (Å²) in [5.74, 6) is 4.82. The Morgan fingerprint density at radius 2 is 2.20 bits per heavy atom. The molecule has 0 aliphatic carbocycles. The number of nitrogens with one attached hydrogen (secondary N) is 1. The molecule has 1 heterocycles. The van der Waals surface area contributed by atoms with Crippen LogP contribution >= 0.6 is 0 Å². The summed E-state index contributed by atoms with van der Waals surface area (Å²) in [4.78, 5) is 15.7. The van der Waals surface area contributed by atoms with E-state index in [1.54, 1.807) is 18.3 Å². The third-order valence-corrected chi connectivity index (χ3v) is 2.35. The van der Waals surface area contributed by atoms with E-state index in [2.05, 4.69) is 10.4 Å². The van der Waals surface area contributed by atoms with Gasteiger partial charge in [-0.25, -0.2) is 5.84 Å². The number of nitrogens with zero attached hydrogens (tertiary/aromatic N) is 1. The fourth-order valence-electron chi connectivity index (χ4n) is 1.59. The molecule has 15 heavy (non-hydrogen) atoms. The minimum absolute atomic E-state index is 0.298. The van der Waals surface area contributed by atoms with Crippen molar-refractivity contribution in [2.24, 2.45) is 5.84 Å². The molecule has 0 aliphatic rings. The first-order valence-corrected chi connectivity index (χ1v) is 4.59. The van der Waals surface area contributed by atoms with Crippen LogP contribution in [0.4, 0.5) is 0 Å². The van der Waals surface area contributed by atoms with Gasteiger partial charge in [0.1, 0.15) is 0 Å². The number of nitrogens with two attached hydrogens (primary N) is 1. The van der Waals surface area contributed by atoms with Crippen LogP contribution < -0.4 is 11.3 Å². The molecule has 0 radical (unpaired) electrons. The first kappa shape index (κ1) is 9.61. The Kier molecular flexibility index (Phi) is 2.35. The Hall–Kier alpha value is -1.94. The maximum absolute atomic E-state index is 11.5. The summed E-state index contributed by atoms with van der Waals surface area (Å²) in [5.41, 5.74) is 4.55. The number of aryl methyl sites for hydroxylation is 1. The van der Waals surface area contributed by atoms with Gasteiger partial charge in [-0.15, -0.1) is 0 Å². The molecule has 0 fully saturated rings. The van der Waals surface area contributed by atoms with Crippen molar-refractivity contribution in [2.75, 3.05) is 0 Å². The zero-order valence-electron chi connectivity index (χ0n) is 8.32. The molecule has 1 aromatic carbocycles. The average Bonchev–Trinajstić information content (AvgIpc) is 2.29. The maximum Gasteiger partial charge on any atom is 0.265 e.